The van der Waals surface area contributed by atoms with Crippen LogP contribution >= 0.6 is 0 Å². The maximum atomic E-state index is 13.5. The number of carbonyl (C=O) groups excluding carboxylic acids is 1. The van der Waals surface area contributed by atoms with Gasteiger partial charge in [-0.05, 0) is 35.4 Å². The first kappa shape index (κ1) is 21.1. The van der Waals surface area contributed by atoms with E-state index in [9.17, 15) is 14.0 Å². The van der Waals surface area contributed by atoms with Crippen LogP contribution in [0.1, 0.15) is 22.9 Å². The highest BCUT2D eigenvalue weighted by Gasteiger charge is 2.18. The van der Waals surface area contributed by atoms with E-state index in [-0.39, 0.29) is 30.1 Å². The third kappa shape index (κ3) is 5.51. The third-order valence-corrected chi connectivity index (χ3v) is 4.98. The van der Waals surface area contributed by atoms with Gasteiger partial charge in [-0.3, -0.25) is 14.6 Å². The molecule has 2 aromatic heterocycles. The van der Waals surface area contributed by atoms with E-state index in [1.807, 2.05) is 30.3 Å². The summed E-state index contributed by atoms with van der Waals surface area (Å²) in [5.74, 6) is -0.120. The van der Waals surface area contributed by atoms with E-state index in [4.69, 9.17) is 0 Å². The minimum Gasteiger partial charge on any atom is -0.349 e. The molecule has 0 saturated carbocycles. The summed E-state index contributed by atoms with van der Waals surface area (Å²) in [7, 11) is 0. The number of aromatic amines is 1. The Labute approximate surface area is 184 Å². The van der Waals surface area contributed by atoms with Crippen molar-refractivity contribution in [3.05, 3.63) is 118 Å². The van der Waals surface area contributed by atoms with Crippen molar-refractivity contribution in [2.75, 3.05) is 0 Å². The predicted octanol–water partition coefficient (Wildman–Crippen LogP) is 3.61. The molecule has 0 fully saturated rings. The summed E-state index contributed by atoms with van der Waals surface area (Å²) < 4.78 is 13.5. The molecule has 0 aliphatic rings. The monoisotopic (exact) mass is 428 g/mol. The SMILES string of the molecule is O=C(Cc1ccccc1)N[C@H](Cc1cc(=O)[nH]c(-c2ccncc2)n1)c1ccc(F)cc1. The van der Waals surface area contributed by atoms with Crippen molar-refractivity contribution >= 4 is 5.91 Å². The van der Waals surface area contributed by atoms with Gasteiger partial charge in [0.15, 0.2) is 0 Å². The van der Waals surface area contributed by atoms with E-state index in [0.717, 1.165) is 16.7 Å². The van der Waals surface area contributed by atoms with Crippen molar-refractivity contribution in [3.63, 3.8) is 0 Å². The van der Waals surface area contributed by atoms with E-state index in [1.165, 1.54) is 18.2 Å². The molecule has 32 heavy (non-hydrogen) atoms. The molecule has 0 aliphatic heterocycles. The van der Waals surface area contributed by atoms with Crippen molar-refractivity contribution < 1.29 is 9.18 Å². The first-order valence-electron chi connectivity index (χ1n) is 10.2. The van der Waals surface area contributed by atoms with E-state index in [1.54, 1.807) is 36.7 Å². The molecule has 0 radical (unpaired) electrons. The molecule has 4 aromatic rings. The second kappa shape index (κ2) is 9.78. The van der Waals surface area contributed by atoms with E-state index in [0.29, 0.717) is 11.5 Å². The van der Waals surface area contributed by atoms with Gasteiger partial charge in [0, 0.05) is 30.4 Å². The van der Waals surface area contributed by atoms with Crippen molar-refractivity contribution in [1.29, 1.82) is 0 Å². The zero-order chi connectivity index (χ0) is 22.3. The van der Waals surface area contributed by atoms with Gasteiger partial charge >= 0.3 is 0 Å². The van der Waals surface area contributed by atoms with Crippen molar-refractivity contribution in [2.45, 2.75) is 18.9 Å². The smallest absolute Gasteiger partial charge is 0.251 e. The van der Waals surface area contributed by atoms with Gasteiger partial charge in [0.2, 0.25) is 5.91 Å². The van der Waals surface area contributed by atoms with Crippen molar-refractivity contribution in [3.8, 4) is 11.4 Å². The number of nitrogens with one attached hydrogen (secondary N) is 2. The highest BCUT2D eigenvalue weighted by molar-refractivity contribution is 5.79. The van der Waals surface area contributed by atoms with Gasteiger partial charge in [0.05, 0.1) is 18.2 Å². The number of rotatable bonds is 7. The maximum absolute atomic E-state index is 13.5. The Hall–Kier alpha value is -4.13. The second-order valence-electron chi connectivity index (χ2n) is 7.36. The number of benzene rings is 2. The molecule has 4 rings (SSSR count). The number of aromatic nitrogens is 3. The van der Waals surface area contributed by atoms with Gasteiger partial charge < -0.3 is 10.3 Å². The third-order valence-electron chi connectivity index (χ3n) is 4.98. The van der Waals surface area contributed by atoms with Gasteiger partial charge in [-0.25, -0.2) is 9.37 Å². The normalized spacial score (nSPS) is 11.7. The first-order valence-corrected chi connectivity index (χ1v) is 10.2. The quantitative estimate of drug-likeness (QED) is 0.471. The first-order chi connectivity index (χ1) is 15.6. The van der Waals surface area contributed by atoms with Gasteiger partial charge in [-0.15, -0.1) is 0 Å². The number of amides is 1. The van der Waals surface area contributed by atoms with Gasteiger partial charge in [0.25, 0.3) is 5.56 Å². The lowest BCUT2D eigenvalue weighted by molar-refractivity contribution is -0.121. The van der Waals surface area contributed by atoms with Crippen LogP contribution in [0.5, 0.6) is 0 Å². The fourth-order valence-electron chi connectivity index (χ4n) is 3.44. The highest BCUT2D eigenvalue weighted by Crippen LogP contribution is 2.20. The zero-order valence-corrected chi connectivity index (χ0v) is 17.2. The molecule has 1 atom stereocenters. The van der Waals surface area contributed by atoms with Crippen LogP contribution < -0.4 is 10.9 Å². The molecule has 2 aromatic carbocycles. The van der Waals surface area contributed by atoms with Gasteiger partial charge in [0.1, 0.15) is 11.6 Å². The summed E-state index contributed by atoms with van der Waals surface area (Å²) in [4.78, 5) is 36.3. The zero-order valence-electron chi connectivity index (χ0n) is 17.2. The maximum Gasteiger partial charge on any atom is 0.251 e. The van der Waals surface area contributed by atoms with E-state index < -0.39 is 6.04 Å². The van der Waals surface area contributed by atoms with Crippen LogP contribution in [0, 0.1) is 5.82 Å². The largest absolute Gasteiger partial charge is 0.349 e. The second-order valence-corrected chi connectivity index (χ2v) is 7.36. The van der Waals surface area contributed by atoms with Crippen LogP contribution in [0.2, 0.25) is 0 Å². The van der Waals surface area contributed by atoms with Crippen LogP contribution in [0.3, 0.4) is 0 Å². The Morgan fingerprint density at radius 3 is 2.44 bits per heavy atom. The molecule has 0 unspecified atom stereocenters. The number of hydrogen-bond donors (Lipinski definition) is 2. The molecule has 2 N–H and O–H groups in total. The standard InChI is InChI=1S/C25H21FN4O2/c26-20-8-6-18(7-9-20)22(29-23(31)14-17-4-2-1-3-5-17)15-21-16-24(32)30-25(28-21)19-10-12-27-13-11-19/h1-13,16,22H,14-15H2,(H,29,31)(H,28,30,32)/t22-/m1/s1. The van der Waals surface area contributed by atoms with E-state index >= 15 is 0 Å². The Bertz CT molecular complexity index is 1240. The summed E-state index contributed by atoms with van der Waals surface area (Å²) in [6, 6.07) is 19.8. The minimum atomic E-state index is -0.480. The lowest BCUT2D eigenvalue weighted by Crippen LogP contribution is -2.31. The average molecular weight is 428 g/mol. The number of H-pyrrole nitrogens is 1. The highest BCUT2D eigenvalue weighted by atomic mass is 19.1. The molecular formula is C25H21FN4O2. The molecule has 0 saturated heterocycles. The Kier molecular flexibility index (Phi) is 6.46. The van der Waals surface area contributed by atoms with Gasteiger partial charge in [-0.2, -0.15) is 0 Å². The average Bonchev–Trinajstić information content (AvgIpc) is 2.80. The molecular weight excluding hydrogens is 407 g/mol. The number of nitrogens with zero attached hydrogens (tertiary/aromatic N) is 2. The molecule has 160 valence electrons. The van der Waals surface area contributed by atoms with Crippen LogP contribution in [0.15, 0.2) is 90.0 Å². The minimum absolute atomic E-state index is 0.176. The van der Waals surface area contributed by atoms with E-state index in [2.05, 4.69) is 20.3 Å². The van der Waals surface area contributed by atoms with Crippen LogP contribution in [0.25, 0.3) is 11.4 Å². The van der Waals surface area contributed by atoms with Crippen molar-refractivity contribution in [2.24, 2.45) is 0 Å². The Morgan fingerprint density at radius 1 is 1.00 bits per heavy atom. The lowest BCUT2D eigenvalue weighted by Gasteiger charge is -2.19. The fourth-order valence-corrected chi connectivity index (χ4v) is 3.44. The summed E-state index contributed by atoms with van der Waals surface area (Å²) in [5, 5.41) is 3.00. The number of pyridine rings is 1. The summed E-state index contributed by atoms with van der Waals surface area (Å²) in [6.07, 6.45) is 3.72. The number of halogens is 1. The van der Waals surface area contributed by atoms with Crippen molar-refractivity contribution in [1.82, 2.24) is 20.3 Å². The molecule has 6 nitrogen and oxygen atoms in total. The molecule has 0 spiro atoms. The molecule has 1 amide bonds. The number of hydrogen-bond acceptors (Lipinski definition) is 4. The summed E-state index contributed by atoms with van der Waals surface area (Å²) >= 11 is 0. The molecule has 0 bridgehead atoms. The Balaban J connectivity index is 1.60. The molecule has 7 heteroatoms. The summed E-state index contributed by atoms with van der Waals surface area (Å²) in [6.45, 7) is 0. The number of carbonyl (C=O) groups is 1. The topological polar surface area (TPSA) is 87.7 Å². The van der Waals surface area contributed by atoms with Crippen LogP contribution in [0.4, 0.5) is 4.39 Å². The molecule has 0 aliphatic carbocycles. The lowest BCUT2D eigenvalue weighted by atomic mass is 10.0. The fraction of sp³-hybridized carbons (Fsp3) is 0.120. The predicted molar refractivity (Wildman–Crippen MR) is 119 cm³/mol. The van der Waals surface area contributed by atoms with Crippen LogP contribution in [-0.4, -0.2) is 20.9 Å². The van der Waals surface area contributed by atoms with Gasteiger partial charge in [-0.1, -0.05) is 42.5 Å². The Morgan fingerprint density at radius 2 is 1.72 bits per heavy atom. The van der Waals surface area contributed by atoms with Crippen LogP contribution in [-0.2, 0) is 17.6 Å². The summed E-state index contributed by atoms with van der Waals surface area (Å²) in [5.41, 5.74) is 2.55. The molecule has 2 heterocycles.